The van der Waals surface area contributed by atoms with Gasteiger partial charge in [0.05, 0.1) is 10.6 Å². The molecule has 0 fully saturated rings. The molecule has 0 atom stereocenters. The van der Waals surface area contributed by atoms with Crippen molar-refractivity contribution in [2.75, 3.05) is 4.72 Å². The third-order valence-corrected chi connectivity index (χ3v) is 6.18. The Bertz CT molecular complexity index is 1010. The largest absolute Gasteiger partial charge is 0.361 e. The standard InChI is InChI=1S/C18H17BrN2O3S/c1-11-10-15(6-9-17(11)19)21-25(22,23)16-7-4-14(5-8-16)18-12(2)20-24-13(18)3/h4-10,21H,1-3H3. The molecule has 25 heavy (non-hydrogen) atoms. The zero-order chi connectivity index (χ0) is 18.2. The van der Waals surface area contributed by atoms with Crippen LogP contribution in [0.3, 0.4) is 0 Å². The van der Waals surface area contributed by atoms with Gasteiger partial charge < -0.3 is 4.52 Å². The molecule has 0 spiro atoms. The van der Waals surface area contributed by atoms with Crippen LogP contribution in [0.5, 0.6) is 0 Å². The zero-order valence-corrected chi connectivity index (χ0v) is 16.4. The third-order valence-electron chi connectivity index (χ3n) is 3.90. The molecule has 0 aliphatic heterocycles. The minimum Gasteiger partial charge on any atom is -0.361 e. The van der Waals surface area contributed by atoms with Crippen LogP contribution >= 0.6 is 15.9 Å². The average Bonchev–Trinajstić information content (AvgIpc) is 2.90. The average molecular weight is 421 g/mol. The summed E-state index contributed by atoms with van der Waals surface area (Å²) in [6.07, 6.45) is 0. The number of sulfonamides is 1. The summed E-state index contributed by atoms with van der Waals surface area (Å²) in [5.41, 5.74) is 4.01. The number of nitrogens with zero attached hydrogens (tertiary/aromatic N) is 1. The van der Waals surface area contributed by atoms with Crippen molar-refractivity contribution >= 4 is 31.6 Å². The summed E-state index contributed by atoms with van der Waals surface area (Å²) in [4.78, 5) is 0.198. The van der Waals surface area contributed by atoms with Gasteiger partial charge in [0.2, 0.25) is 0 Å². The predicted octanol–water partition coefficient (Wildman–Crippen LogP) is 4.83. The fourth-order valence-electron chi connectivity index (χ4n) is 2.62. The molecular formula is C18H17BrN2O3S. The van der Waals surface area contributed by atoms with Crippen LogP contribution in [0, 0.1) is 20.8 Å². The lowest BCUT2D eigenvalue weighted by molar-refractivity contribution is 0.393. The van der Waals surface area contributed by atoms with Crippen LogP contribution in [0.1, 0.15) is 17.0 Å². The van der Waals surface area contributed by atoms with Crippen LogP contribution in [0.25, 0.3) is 11.1 Å². The van der Waals surface area contributed by atoms with E-state index in [0.717, 1.165) is 26.9 Å². The van der Waals surface area contributed by atoms with Crippen molar-refractivity contribution in [3.8, 4) is 11.1 Å². The quantitative estimate of drug-likeness (QED) is 0.655. The van der Waals surface area contributed by atoms with E-state index < -0.39 is 10.0 Å². The highest BCUT2D eigenvalue weighted by molar-refractivity contribution is 9.10. The molecule has 1 N–H and O–H groups in total. The highest BCUT2D eigenvalue weighted by Crippen LogP contribution is 2.28. The Kier molecular flexibility index (Phi) is 4.71. The van der Waals surface area contributed by atoms with Crippen molar-refractivity contribution in [1.29, 1.82) is 0 Å². The summed E-state index contributed by atoms with van der Waals surface area (Å²) in [6, 6.07) is 12.0. The van der Waals surface area contributed by atoms with Crippen molar-refractivity contribution < 1.29 is 12.9 Å². The Morgan fingerprint density at radius 1 is 1.04 bits per heavy atom. The Morgan fingerprint density at radius 2 is 1.72 bits per heavy atom. The Morgan fingerprint density at radius 3 is 2.28 bits per heavy atom. The number of hydrogen-bond donors (Lipinski definition) is 1. The lowest BCUT2D eigenvalue weighted by Crippen LogP contribution is -2.13. The number of benzene rings is 2. The molecule has 7 heteroatoms. The number of nitrogens with one attached hydrogen (secondary N) is 1. The molecular weight excluding hydrogens is 404 g/mol. The monoisotopic (exact) mass is 420 g/mol. The van der Waals surface area contributed by atoms with E-state index in [1.54, 1.807) is 36.4 Å². The summed E-state index contributed by atoms with van der Waals surface area (Å²) in [5.74, 6) is 0.705. The first-order chi connectivity index (χ1) is 11.8. The summed E-state index contributed by atoms with van der Waals surface area (Å²) >= 11 is 3.40. The van der Waals surface area contributed by atoms with Gasteiger partial charge in [-0.05, 0) is 62.2 Å². The second-order valence-corrected chi connectivity index (χ2v) is 8.33. The summed E-state index contributed by atoms with van der Waals surface area (Å²) in [5, 5.41) is 3.93. The normalized spacial score (nSPS) is 11.5. The molecule has 5 nitrogen and oxygen atoms in total. The molecule has 0 saturated carbocycles. The van der Waals surface area contributed by atoms with E-state index in [1.165, 1.54) is 0 Å². The molecule has 130 valence electrons. The minimum absolute atomic E-state index is 0.198. The van der Waals surface area contributed by atoms with Gasteiger partial charge >= 0.3 is 0 Å². The zero-order valence-electron chi connectivity index (χ0n) is 14.0. The number of hydrogen-bond acceptors (Lipinski definition) is 4. The second-order valence-electron chi connectivity index (χ2n) is 5.79. The first-order valence-electron chi connectivity index (χ1n) is 7.60. The molecule has 3 aromatic rings. The molecule has 0 aliphatic rings. The van der Waals surface area contributed by atoms with Crippen LogP contribution in [-0.4, -0.2) is 13.6 Å². The summed E-state index contributed by atoms with van der Waals surface area (Å²) in [6.45, 7) is 5.59. The topological polar surface area (TPSA) is 72.2 Å². The van der Waals surface area contributed by atoms with Gasteiger partial charge in [-0.15, -0.1) is 0 Å². The van der Waals surface area contributed by atoms with Gasteiger partial charge in [0.1, 0.15) is 5.76 Å². The van der Waals surface area contributed by atoms with E-state index in [4.69, 9.17) is 4.52 Å². The maximum absolute atomic E-state index is 12.6. The van der Waals surface area contributed by atoms with E-state index in [9.17, 15) is 8.42 Å². The fourth-order valence-corrected chi connectivity index (χ4v) is 3.91. The molecule has 0 saturated heterocycles. The number of halogens is 1. The van der Waals surface area contributed by atoms with E-state index in [0.29, 0.717) is 11.4 Å². The molecule has 3 rings (SSSR count). The van der Waals surface area contributed by atoms with Crippen molar-refractivity contribution in [1.82, 2.24) is 5.16 Å². The van der Waals surface area contributed by atoms with Crippen molar-refractivity contribution in [2.45, 2.75) is 25.7 Å². The van der Waals surface area contributed by atoms with Gasteiger partial charge in [0, 0.05) is 15.7 Å². The fraction of sp³-hybridized carbons (Fsp3) is 0.167. The number of aryl methyl sites for hydroxylation is 3. The van der Waals surface area contributed by atoms with Gasteiger partial charge in [-0.1, -0.05) is 33.2 Å². The number of aromatic nitrogens is 1. The molecule has 0 radical (unpaired) electrons. The van der Waals surface area contributed by atoms with E-state index in [1.807, 2.05) is 26.8 Å². The third kappa shape index (κ3) is 3.62. The van der Waals surface area contributed by atoms with Gasteiger partial charge in [0.15, 0.2) is 0 Å². The Labute approximate surface area is 155 Å². The predicted molar refractivity (Wildman–Crippen MR) is 101 cm³/mol. The SMILES string of the molecule is Cc1cc(NS(=O)(=O)c2ccc(-c3c(C)noc3C)cc2)ccc1Br. The van der Waals surface area contributed by atoms with Gasteiger partial charge in [-0.2, -0.15) is 0 Å². The van der Waals surface area contributed by atoms with E-state index in [2.05, 4.69) is 25.8 Å². The molecule has 0 amide bonds. The molecule has 0 bridgehead atoms. The highest BCUT2D eigenvalue weighted by Gasteiger charge is 2.16. The van der Waals surface area contributed by atoms with Crippen LogP contribution in [0.4, 0.5) is 5.69 Å². The molecule has 1 aromatic heterocycles. The van der Waals surface area contributed by atoms with Gasteiger partial charge in [-0.25, -0.2) is 8.42 Å². The lowest BCUT2D eigenvalue weighted by Gasteiger charge is -2.10. The van der Waals surface area contributed by atoms with Crippen LogP contribution in [0.15, 0.2) is 56.4 Å². The second kappa shape index (κ2) is 6.65. The Balaban J connectivity index is 1.89. The first kappa shape index (κ1) is 17.7. The first-order valence-corrected chi connectivity index (χ1v) is 9.88. The van der Waals surface area contributed by atoms with Crippen LogP contribution in [0.2, 0.25) is 0 Å². The maximum Gasteiger partial charge on any atom is 0.261 e. The van der Waals surface area contributed by atoms with Gasteiger partial charge in [0.25, 0.3) is 10.0 Å². The minimum atomic E-state index is -3.65. The smallest absolute Gasteiger partial charge is 0.261 e. The van der Waals surface area contributed by atoms with Crippen molar-refractivity contribution in [3.63, 3.8) is 0 Å². The lowest BCUT2D eigenvalue weighted by atomic mass is 10.0. The number of anilines is 1. The van der Waals surface area contributed by atoms with Crippen LogP contribution in [-0.2, 0) is 10.0 Å². The van der Waals surface area contributed by atoms with Crippen molar-refractivity contribution in [2.24, 2.45) is 0 Å². The molecule has 1 heterocycles. The molecule has 2 aromatic carbocycles. The summed E-state index contributed by atoms with van der Waals surface area (Å²) in [7, 11) is -3.65. The number of rotatable bonds is 4. The highest BCUT2D eigenvalue weighted by atomic mass is 79.9. The van der Waals surface area contributed by atoms with E-state index in [-0.39, 0.29) is 4.90 Å². The maximum atomic E-state index is 12.6. The Hall–Kier alpha value is -2.12. The summed E-state index contributed by atoms with van der Waals surface area (Å²) < 4.78 is 33.8. The molecule has 0 unspecified atom stereocenters. The van der Waals surface area contributed by atoms with Gasteiger partial charge in [-0.3, -0.25) is 4.72 Å². The molecule has 0 aliphatic carbocycles. The van der Waals surface area contributed by atoms with Crippen LogP contribution < -0.4 is 4.72 Å². The van der Waals surface area contributed by atoms with E-state index >= 15 is 0 Å². The van der Waals surface area contributed by atoms with Crippen molar-refractivity contribution in [3.05, 3.63) is 64.0 Å².